The molecule has 0 amide bonds. The van der Waals surface area contributed by atoms with E-state index in [9.17, 15) is 0 Å². The highest BCUT2D eigenvalue weighted by Gasteiger charge is 2.11. The van der Waals surface area contributed by atoms with Gasteiger partial charge in [-0.15, -0.1) is 11.3 Å². The second-order valence-corrected chi connectivity index (χ2v) is 4.31. The maximum absolute atomic E-state index is 5.75. The first-order chi connectivity index (χ1) is 6.77. The number of nitrogen functional groups attached to an aromatic ring is 1. The van der Waals surface area contributed by atoms with Crippen LogP contribution >= 0.6 is 11.3 Å². The van der Waals surface area contributed by atoms with Gasteiger partial charge >= 0.3 is 0 Å². The smallest absolute Gasteiger partial charge is 0.201 e. The van der Waals surface area contributed by atoms with Gasteiger partial charge in [0.25, 0.3) is 0 Å². The van der Waals surface area contributed by atoms with Crippen LogP contribution in [0.2, 0.25) is 0 Å². The van der Waals surface area contributed by atoms with Gasteiger partial charge in [-0.25, -0.2) is 4.98 Å². The van der Waals surface area contributed by atoms with Gasteiger partial charge in [-0.2, -0.15) is 0 Å². The number of aromatic nitrogens is 2. The van der Waals surface area contributed by atoms with Crippen LogP contribution in [-0.4, -0.2) is 9.55 Å². The first-order valence-corrected chi connectivity index (χ1v) is 5.18. The zero-order valence-electron chi connectivity index (χ0n) is 7.69. The number of benzene rings is 1. The lowest BCUT2D eigenvalue weighted by atomic mass is 10.2. The Morgan fingerprint density at radius 3 is 3.00 bits per heavy atom. The molecular weight excluding hydrogens is 194 g/mol. The van der Waals surface area contributed by atoms with Gasteiger partial charge in [-0.1, -0.05) is 18.2 Å². The van der Waals surface area contributed by atoms with E-state index in [1.54, 1.807) is 11.3 Å². The Kier molecular flexibility index (Phi) is 1.39. The minimum absolute atomic E-state index is 0.581. The number of hydrogen-bond acceptors (Lipinski definition) is 3. The van der Waals surface area contributed by atoms with Gasteiger partial charge in [-0.05, 0) is 6.07 Å². The Labute approximate surface area is 84.8 Å². The highest BCUT2D eigenvalue weighted by atomic mass is 32.1. The molecule has 0 saturated carbocycles. The highest BCUT2D eigenvalue weighted by molar-refractivity contribution is 7.25. The molecule has 0 atom stereocenters. The lowest BCUT2D eigenvalue weighted by Crippen LogP contribution is -1.96. The third-order valence-electron chi connectivity index (χ3n) is 2.45. The Bertz CT molecular complexity index is 621. The van der Waals surface area contributed by atoms with E-state index in [1.165, 1.54) is 10.1 Å². The van der Waals surface area contributed by atoms with Crippen LogP contribution in [0.5, 0.6) is 0 Å². The van der Waals surface area contributed by atoms with Crippen molar-refractivity contribution < 1.29 is 0 Å². The lowest BCUT2D eigenvalue weighted by Gasteiger charge is -1.95. The quantitative estimate of drug-likeness (QED) is 0.609. The summed E-state index contributed by atoms with van der Waals surface area (Å²) < 4.78 is 3.20. The van der Waals surface area contributed by atoms with Gasteiger partial charge in [0.2, 0.25) is 5.95 Å². The molecule has 0 spiro atoms. The molecule has 3 rings (SSSR count). The van der Waals surface area contributed by atoms with Crippen LogP contribution in [0.15, 0.2) is 24.3 Å². The van der Waals surface area contributed by atoms with E-state index in [2.05, 4.69) is 17.1 Å². The summed E-state index contributed by atoms with van der Waals surface area (Å²) in [5.41, 5.74) is 6.89. The van der Waals surface area contributed by atoms with Crippen molar-refractivity contribution >= 4 is 37.7 Å². The summed E-state index contributed by atoms with van der Waals surface area (Å²) in [6.07, 6.45) is 0. The van der Waals surface area contributed by atoms with Crippen LogP contribution in [-0.2, 0) is 7.05 Å². The monoisotopic (exact) mass is 203 g/mol. The van der Waals surface area contributed by atoms with Crippen molar-refractivity contribution in [3.8, 4) is 0 Å². The van der Waals surface area contributed by atoms with E-state index in [1.807, 2.05) is 23.7 Å². The van der Waals surface area contributed by atoms with Crippen molar-refractivity contribution in [3.05, 3.63) is 24.3 Å². The van der Waals surface area contributed by atoms with Crippen molar-refractivity contribution in [2.75, 3.05) is 5.73 Å². The van der Waals surface area contributed by atoms with Gasteiger partial charge in [0.05, 0.1) is 5.52 Å². The van der Waals surface area contributed by atoms with E-state index in [-0.39, 0.29) is 0 Å². The van der Waals surface area contributed by atoms with E-state index in [4.69, 9.17) is 5.73 Å². The fourth-order valence-corrected chi connectivity index (χ4v) is 2.82. The molecule has 2 heterocycles. The molecule has 0 aliphatic rings. The molecule has 0 bridgehead atoms. The van der Waals surface area contributed by atoms with Gasteiger partial charge in [0.1, 0.15) is 4.83 Å². The molecule has 0 saturated heterocycles. The Morgan fingerprint density at radius 2 is 2.14 bits per heavy atom. The predicted molar refractivity (Wildman–Crippen MR) is 60.5 cm³/mol. The van der Waals surface area contributed by atoms with E-state index in [0.29, 0.717) is 5.95 Å². The van der Waals surface area contributed by atoms with E-state index < -0.39 is 0 Å². The predicted octanol–water partition coefficient (Wildman–Crippen LogP) is 2.37. The number of anilines is 1. The summed E-state index contributed by atoms with van der Waals surface area (Å²) >= 11 is 1.68. The summed E-state index contributed by atoms with van der Waals surface area (Å²) in [5.74, 6) is 0.581. The first-order valence-electron chi connectivity index (χ1n) is 4.37. The van der Waals surface area contributed by atoms with Crippen molar-refractivity contribution in [2.45, 2.75) is 0 Å². The van der Waals surface area contributed by atoms with Crippen molar-refractivity contribution in [2.24, 2.45) is 7.05 Å². The third kappa shape index (κ3) is 0.834. The number of aryl methyl sites for hydroxylation is 1. The number of fused-ring (bicyclic) bond motifs is 3. The minimum atomic E-state index is 0.581. The molecule has 70 valence electrons. The summed E-state index contributed by atoms with van der Waals surface area (Å²) in [6.45, 7) is 0. The summed E-state index contributed by atoms with van der Waals surface area (Å²) in [5, 5.41) is 1.24. The zero-order chi connectivity index (χ0) is 9.71. The lowest BCUT2D eigenvalue weighted by molar-refractivity contribution is 0.968. The second-order valence-electron chi connectivity index (χ2n) is 3.28. The largest absolute Gasteiger partial charge is 0.369 e. The van der Waals surface area contributed by atoms with Crippen molar-refractivity contribution in [1.29, 1.82) is 0 Å². The Balaban J connectivity index is 2.62. The van der Waals surface area contributed by atoms with Gasteiger partial charge in [0.15, 0.2) is 0 Å². The molecule has 0 radical (unpaired) electrons. The molecule has 2 aromatic heterocycles. The second kappa shape index (κ2) is 2.48. The zero-order valence-corrected chi connectivity index (χ0v) is 8.51. The Morgan fingerprint density at radius 1 is 1.36 bits per heavy atom. The van der Waals surface area contributed by atoms with Crippen LogP contribution in [0.1, 0.15) is 0 Å². The highest BCUT2D eigenvalue weighted by Crippen LogP contribution is 2.33. The molecule has 3 nitrogen and oxygen atoms in total. The molecule has 2 N–H and O–H groups in total. The molecule has 0 fully saturated rings. The van der Waals surface area contributed by atoms with Crippen molar-refractivity contribution in [1.82, 2.24) is 9.55 Å². The molecule has 0 unspecified atom stereocenters. The number of thiophene rings is 1. The van der Waals surface area contributed by atoms with Crippen LogP contribution in [0.25, 0.3) is 20.4 Å². The number of nitrogens with two attached hydrogens (primary N) is 1. The van der Waals surface area contributed by atoms with E-state index in [0.717, 1.165) is 10.3 Å². The number of nitrogens with zero attached hydrogens (tertiary/aromatic N) is 2. The minimum Gasteiger partial charge on any atom is -0.369 e. The molecule has 14 heavy (non-hydrogen) atoms. The first kappa shape index (κ1) is 7.82. The van der Waals surface area contributed by atoms with Crippen LogP contribution in [0, 0.1) is 0 Å². The number of hydrogen-bond donors (Lipinski definition) is 1. The number of imidazole rings is 1. The van der Waals surface area contributed by atoms with Gasteiger partial charge < -0.3 is 10.3 Å². The number of rotatable bonds is 0. The fraction of sp³-hybridized carbons (Fsp3) is 0.100. The topological polar surface area (TPSA) is 43.8 Å². The molecule has 0 aliphatic carbocycles. The average molecular weight is 203 g/mol. The summed E-state index contributed by atoms with van der Waals surface area (Å²) in [6, 6.07) is 8.30. The molecular formula is C10H9N3S. The van der Waals surface area contributed by atoms with Crippen LogP contribution < -0.4 is 5.73 Å². The van der Waals surface area contributed by atoms with Crippen LogP contribution in [0.3, 0.4) is 0 Å². The van der Waals surface area contributed by atoms with Gasteiger partial charge in [0, 0.05) is 17.1 Å². The molecule has 3 aromatic rings. The normalized spacial score (nSPS) is 11.5. The van der Waals surface area contributed by atoms with Crippen LogP contribution in [0.4, 0.5) is 5.95 Å². The van der Waals surface area contributed by atoms with E-state index >= 15 is 0 Å². The average Bonchev–Trinajstić information content (AvgIpc) is 2.65. The SMILES string of the molecule is Cn1c(N)nc2sc3ccccc3c21. The molecule has 1 aromatic carbocycles. The van der Waals surface area contributed by atoms with Gasteiger partial charge in [-0.3, -0.25) is 0 Å². The Hall–Kier alpha value is -1.55. The third-order valence-corrected chi connectivity index (χ3v) is 3.50. The maximum Gasteiger partial charge on any atom is 0.201 e. The summed E-state index contributed by atoms with van der Waals surface area (Å²) in [7, 11) is 1.95. The standard InChI is InChI=1S/C10H9N3S/c1-13-8-6-4-2-3-5-7(6)14-9(8)12-10(13)11/h2-5H,1H3,(H2,11,12). The molecule has 4 heteroatoms. The van der Waals surface area contributed by atoms with Crippen molar-refractivity contribution in [3.63, 3.8) is 0 Å². The fourth-order valence-electron chi connectivity index (χ4n) is 1.71. The summed E-state index contributed by atoms with van der Waals surface area (Å²) in [4.78, 5) is 5.33. The molecule has 0 aliphatic heterocycles. The maximum atomic E-state index is 5.75.